The van der Waals surface area contributed by atoms with Gasteiger partial charge >= 0.3 is 6.09 Å². The Balaban J connectivity index is 2.11. The molecule has 2 rings (SSSR count). The maximum absolute atomic E-state index is 12.0. The fourth-order valence-electron chi connectivity index (χ4n) is 2.01. The van der Waals surface area contributed by atoms with Crippen molar-refractivity contribution in [3.05, 3.63) is 28.8 Å². The van der Waals surface area contributed by atoms with Gasteiger partial charge in [-0.05, 0) is 43.5 Å². The second-order valence-corrected chi connectivity index (χ2v) is 4.67. The van der Waals surface area contributed by atoms with Crippen LogP contribution in [-0.4, -0.2) is 37.3 Å². The van der Waals surface area contributed by atoms with Gasteiger partial charge in [0, 0.05) is 13.1 Å². The van der Waals surface area contributed by atoms with E-state index in [1.165, 1.54) is 0 Å². The monoisotopic (exact) mass is 249 g/mol. The Hall–Kier alpha value is -1.55. The zero-order valence-electron chi connectivity index (χ0n) is 11.2. The summed E-state index contributed by atoms with van der Waals surface area (Å²) in [5, 5.41) is 0. The van der Waals surface area contributed by atoms with E-state index in [0.717, 1.165) is 16.7 Å². The highest BCUT2D eigenvalue weighted by Crippen LogP contribution is 2.24. The van der Waals surface area contributed by atoms with Crippen molar-refractivity contribution >= 4 is 6.09 Å². The van der Waals surface area contributed by atoms with Crippen LogP contribution in [-0.2, 0) is 4.74 Å². The average Bonchev–Trinajstić information content (AvgIpc) is 2.36. The van der Waals surface area contributed by atoms with Crippen molar-refractivity contribution in [3.8, 4) is 5.75 Å². The first-order chi connectivity index (χ1) is 8.58. The van der Waals surface area contributed by atoms with E-state index in [1.807, 2.05) is 26.8 Å². The van der Waals surface area contributed by atoms with Crippen LogP contribution in [0.3, 0.4) is 0 Å². The number of morpholine rings is 1. The molecular formula is C14H19NO3. The Morgan fingerprint density at radius 2 is 1.89 bits per heavy atom. The SMILES string of the molecule is Cc1cc(C)c(C)c(OC(=O)N2CCOCC2)c1. The van der Waals surface area contributed by atoms with Gasteiger partial charge in [-0.25, -0.2) is 4.79 Å². The van der Waals surface area contributed by atoms with E-state index in [9.17, 15) is 4.79 Å². The molecule has 1 fully saturated rings. The van der Waals surface area contributed by atoms with E-state index in [1.54, 1.807) is 4.90 Å². The van der Waals surface area contributed by atoms with Crippen molar-refractivity contribution in [1.82, 2.24) is 4.90 Å². The number of hydrogen-bond donors (Lipinski definition) is 0. The van der Waals surface area contributed by atoms with Gasteiger partial charge < -0.3 is 14.4 Å². The molecule has 18 heavy (non-hydrogen) atoms. The van der Waals surface area contributed by atoms with Crippen LogP contribution in [0, 0.1) is 20.8 Å². The number of hydrogen-bond acceptors (Lipinski definition) is 3. The summed E-state index contributed by atoms with van der Waals surface area (Å²) in [6, 6.07) is 3.99. The molecule has 0 aromatic heterocycles. The molecule has 1 aliphatic rings. The lowest BCUT2D eigenvalue weighted by Crippen LogP contribution is -2.42. The summed E-state index contributed by atoms with van der Waals surface area (Å²) in [5.41, 5.74) is 3.25. The van der Waals surface area contributed by atoms with Crippen molar-refractivity contribution in [2.24, 2.45) is 0 Å². The largest absolute Gasteiger partial charge is 0.415 e. The second-order valence-electron chi connectivity index (χ2n) is 4.67. The molecule has 1 heterocycles. The number of amides is 1. The van der Waals surface area contributed by atoms with Crippen molar-refractivity contribution in [2.75, 3.05) is 26.3 Å². The van der Waals surface area contributed by atoms with E-state index >= 15 is 0 Å². The summed E-state index contributed by atoms with van der Waals surface area (Å²) in [4.78, 5) is 13.7. The fraction of sp³-hybridized carbons (Fsp3) is 0.500. The number of carbonyl (C=O) groups excluding carboxylic acids is 1. The number of carbonyl (C=O) groups is 1. The van der Waals surface area contributed by atoms with E-state index in [2.05, 4.69) is 6.07 Å². The van der Waals surface area contributed by atoms with Gasteiger partial charge in [-0.15, -0.1) is 0 Å². The summed E-state index contributed by atoms with van der Waals surface area (Å²) in [6.45, 7) is 8.36. The molecule has 0 atom stereocenters. The Labute approximate surface area is 107 Å². The van der Waals surface area contributed by atoms with E-state index in [0.29, 0.717) is 32.1 Å². The van der Waals surface area contributed by atoms with E-state index in [-0.39, 0.29) is 6.09 Å². The van der Waals surface area contributed by atoms with Gasteiger partial charge in [0.1, 0.15) is 5.75 Å². The number of ether oxygens (including phenoxy) is 2. The average molecular weight is 249 g/mol. The van der Waals surface area contributed by atoms with Gasteiger partial charge in [-0.1, -0.05) is 6.07 Å². The molecule has 0 N–H and O–H groups in total. The van der Waals surface area contributed by atoms with Crippen molar-refractivity contribution in [2.45, 2.75) is 20.8 Å². The first-order valence-electron chi connectivity index (χ1n) is 6.20. The molecule has 1 aromatic rings. The van der Waals surface area contributed by atoms with Gasteiger partial charge in [0.05, 0.1) is 13.2 Å². The number of nitrogens with zero attached hydrogens (tertiary/aromatic N) is 1. The third kappa shape index (κ3) is 2.82. The molecule has 0 saturated carbocycles. The normalized spacial score (nSPS) is 15.6. The molecule has 1 aliphatic heterocycles. The maximum Gasteiger partial charge on any atom is 0.415 e. The maximum atomic E-state index is 12.0. The smallest absolute Gasteiger partial charge is 0.410 e. The third-order valence-electron chi connectivity index (χ3n) is 3.23. The molecule has 98 valence electrons. The molecule has 0 bridgehead atoms. The van der Waals surface area contributed by atoms with Gasteiger partial charge in [-0.3, -0.25) is 0 Å². The Bertz CT molecular complexity index is 451. The minimum atomic E-state index is -0.286. The Morgan fingerprint density at radius 3 is 2.56 bits per heavy atom. The quantitative estimate of drug-likeness (QED) is 0.767. The summed E-state index contributed by atoms with van der Waals surface area (Å²) in [6.07, 6.45) is -0.286. The lowest BCUT2D eigenvalue weighted by molar-refractivity contribution is 0.0415. The minimum Gasteiger partial charge on any atom is -0.410 e. The second kappa shape index (κ2) is 5.40. The zero-order chi connectivity index (χ0) is 13.1. The van der Waals surface area contributed by atoms with Crippen LogP contribution in [0.5, 0.6) is 5.75 Å². The van der Waals surface area contributed by atoms with Gasteiger partial charge in [-0.2, -0.15) is 0 Å². The summed E-state index contributed by atoms with van der Waals surface area (Å²) >= 11 is 0. The van der Waals surface area contributed by atoms with Crippen LogP contribution in [0.25, 0.3) is 0 Å². The number of rotatable bonds is 1. The van der Waals surface area contributed by atoms with Crippen molar-refractivity contribution < 1.29 is 14.3 Å². The van der Waals surface area contributed by atoms with Gasteiger partial charge in [0.15, 0.2) is 0 Å². The van der Waals surface area contributed by atoms with E-state index < -0.39 is 0 Å². The first kappa shape index (κ1) is 12.9. The summed E-state index contributed by atoms with van der Waals surface area (Å²) in [5.74, 6) is 0.656. The van der Waals surface area contributed by atoms with Gasteiger partial charge in [0.25, 0.3) is 0 Å². The lowest BCUT2D eigenvalue weighted by atomic mass is 10.1. The van der Waals surface area contributed by atoms with Crippen LogP contribution in [0.4, 0.5) is 4.79 Å². The summed E-state index contributed by atoms with van der Waals surface area (Å²) < 4.78 is 10.7. The van der Waals surface area contributed by atoms with Gasteiger partial charge in [0.2, 0.25) is 0 Å². The first-order valence-corrected chi connectivity index (χ1v) is 6.20. The van der Waals surface area contributed by atoms with Crippen LogP contribution < -0.4 is 4.74 Å². The zero-order valence-corrected chi connectivity index (χ0v) is 11.2. The van der Waals surface area contributed by atoms with Crippen molar-refractivity contribution in [1.29, 1.82) is 0 Å². The number of aryl methyl sites for hydroxylation is 2. The Morgan fingerprint density at radius 1 is 1.22 bits per heavy atom. The van der Waals surface area contributed by atoms with Crippen LogP contribution >= 0.6 is 0 Å². The predicted molar refractivity (Wildman–Crippen MR) is 69.1 cm³/mol. The highest BCUT2D eigenvalue weighted by Gasteiger charge is 2.19. The molecule has 4 heteroatoms. The molecule has 0 aliphatic carbocycles. The third-order valence-corrected chi connectivity index (χ3v) is 3.23. The fourth-order valence-corrected chi connectivity index (χ4v) is 2.01. The minimum absolute atomic E-state index is 0.286. The molecule has 0 radical (unpaired) electrons. The summed E-state index contributed by atoms with van der Waals surface area (Å²) in [7, 11) is 0. The van der Waals surface area contributed by atoms with Crippen molar-refractivity contribution in [3.63, 3.8) is 0 Å². The Kier molecular flexibility index (Phi) is 3.87. The van der Waals surface area contributed by atoms with Crippen LogP contribution in [0.1, 0.15) is 16.7 Å². The molecule has 1 amide bonds. The molecular weight excluding hydrogens is 230 g/mol. The highest BCUT2D eigenvalue weighted by atomic mass is 16.6. The highest BCUT2D eigenvalue weighted by molar-refractivity contribution is 5.71. The molecule has 1 saturated heterocycles. The number of benzene rings is 1. The van der Waals surface area contributed by atoms with E-state index in [4.69, 9.17) is 9.47 Å². The topological polar surface area (TPSA) is 38.8 Å². The van der Waals surface area contributed by atoms with Crippen LogP contribution in [0.15, 0.2) is 12.1 Å². The molecule has 0 unspecified atom stereocenters. The molecule has 0 spiro atoms. The predicted octanol–water partition coefficient (Wildman–Crippen LogP) is 2.44. The lowest BCUT2D eigenvalue weighted by Gasteiger charge is -2.26. The molecule has 4 nitrogen and oxygen atoms in total. The standard InChI is InChI=1S/C14H19NO3/c1-10-8-11(2)12(3)13(9-10)18-14(16)15-4-6-17-7-5-15/h8-9H,4-7H2,1-3H3. The van der Waals surface area contributed by atoms with Crippen LogP contribution in [0.2, 0.25) is 0 Å². The molecule has 1 aromatic carbocycles.